The Bertz CT molecular complexity index is 657. The van der Waals surface area contributed by atoms with Crippen molar-refractivity contribution in [1.29, 1.82) is 0 Å². The Kier molecular flexibility index (Phi) is 6.50. The predicted molar refractivity (Wildman–Crippen MR) is 112 cm³/mol. The van der Waals surface area contributed by atoms with Crippen molar-refractivity contribution < 1.29 is 9.47 Å². The van der Waals surface area contributed by atoms with Gasteiger partial charge in [0.15, 0.2) is 5.96 Å². The average Bonchev–Trinajstić information content (AvgIpc) is 3.33. The average molecular weight is 387 g/mol. The SMILES string of the molecule is CCNC(=NCC(c1ccc(C)cc1)N1CCOCC1)NC1CC2CCC1O2. The van der Waals surface area contributed by atoms with Crippen LogP contribution < -0.4 is 10.6 Å². The largest absolute Gasteiger partial charge is 0.379 e. The summed E-state index contributed by atoms with van der Waals surface area (Å²) in [7, 11) is 0. The highest BCUT2D eigenvalue weighted by molar-refractivity contribution is 5.80. The molecule has 3 saturated heterocycles. The second-order valence-corrected chi connectivity index (χ2v) is 8.15. The van der Waals surface area contributed by atoms with Crippen LogP contribution in [0.5, 0.6) is 0 Å². The zero-order chi connectivity index (χ0) is 19.3. The third kappa shape index (κ3) is 4.67. The third-order valence-corrected chi connectivity index (χ3v) is 6.14. The summed E-state index contributed by atoms with van der Waals surface area (Å²) in [6, 6.07) is 9.55. The van der Waals surface area contributed by atoms with Gasteiger partial charge in [0.1, 0.15) is 0 Å². The molecule has 3 aliphatic heterocycles. The van der Waals surface area contributed by atoms with Crippen molar-refractivity contribution in [3.63, 3.8) is 0 Å². The minimum atomic E-state index is 0.274. The van der Waals surface area contributed by atoms with Crippen molar-refractivity contribution in [3.05, 3.63) is 35.4 Å². The number of nitrogens with zero attached hydrogens (tertiary/aromatic N) is 2. The molecule has 6 nitrogen and oxygen atoms in total. The second-order valence-electron chi connectivity index (χ2n) is 8.15. The molecule has 4 rings (SSSR count). The lowest BCUT2D eigenvalue weighted by Crippen LogP contribution is -2.48. The van der Waals surface area contributed by atoms with Crippen LogP contribution in [0.25, 0.3) is 0 Å². The molecule has 0 radical (unpaired) electrons. The maximum absolute atomic E-state index is 6.00. The van der Waals surface area contributed by atoms with Gasteiger partial charge in [0, 0.05) is 19.6 Å². The molecule has 154 valence electrons. The number of hydrogen-bond donors (Lipinski definition) is 2. The van der Waals surface area contributed by atoms with Gasteiger partial charge in [-0.25, -0.2) is 0 Å². The summed E-state index contributed by atoms with van der Waals surface area (Å²) in [6.45, 7) is 9.36. The van der Waals surface area contributed by atoms with Gasteiger partial charge in [0.05, 0.1) is 44.1 Å². The number of benzene rings is 1. The molecule has 1 aromatic carbocycles. The van der Waals surface area contributed by atoms with Crippen LogP contribution in [0, 0.1) is 6.92 Å². The molecule has 1 aromatic rings. The van der Waals surface area contributed by atoms with Crippen molar-refractivity contribution in [1.82, 2.24) is 15.5 Å². The zero-order valence-electron chi connectivity index (χ0n) is 17.2. The highest BCUT2D eigenvalue weighted by Crippen LogP contribution is 2.34. The second kappa shape index (κ2) is 9.25. The van der Waals surface area contributed by atoms with Crippen molar-refractivity contribution in [3.8, 4) is 0 Å². The highest BCUT2D eigenvalue weighted by atomic mass is 16.5. The number of ether oxygens (including phenoxy) is 2. The fourth-order valence-corrected chi connectivity index (χ4v) is 4.57. The van der Waals surface area contributed by atoms with Crippen molar-refractivity contribution in [2.75, 3.05) is 39.4 Å². The molecule has 0 spiro atoms. The van der Waals surface area contributed by atoms with E-state index in [1.165, 1.54) is 24.0 Å². The van der Waals surface area contributed by atoms with E-state index in [2.05, 4.69) is 53.6 Å². The van der Waals surface area contributed by atoms with Gasteiger partial charge in [-0.15, -0.1) is 0 Å². The topological polar surface area (TPSA) is 58.1 Å². The first kappa shape index (κ1) is 19.7. The smallest absolute Gasteiger partial charge is 0.191 e. The summed E-state index contributed by atoms with van der Waals surface area (Å²) in [4.78, 5) is 7.49. The van der Waals surface area contributed by atoms with E-state index < -0.39 is 0 Å². The van der Waals surface area contributed by atoms with Crippen LogP contribution in [0.2, 0.25) is 0 Å². The van der Waals surface area contributed by atoms with Crippen molar-refractivity contribution in [2.24, 2.45) is 4.99 Å². The van der Waals surface area contributed by atoms with E-state index in [9.17, 15) is 0 Å². The van der Waals surface area contributed by atoms with E-state index in [-0.39, 0.29) is 6.04 Å². The van der Waals surface area contributed by atoms with Crippen molar-refractivity contribution >= 4 is 5.96 Å². The Morgan fingerprint density at radius 3 is 2.64 bits per heavy atom. The Morgan fingerprint density at radius 1 is 1.21 bits per heavy atom. The predicted octanol–water partition coefficient (Wildman–Crippen LogP) is 2.24. The molecular weight excluding hydrogens is 352 g/mol. The summed E-state index contributed by atoms with van der Waals surface area (Å²) < 4.78 is 11.6. The summed E-state index contributed by atoms with van der Waals surface area (Å²) in [6.07, 6.45) is 4.27. The molecule has 3 heterocycles. The van der Waals surface area contributed by atoms with Gasteiger partial charge in [-0.05, 0) is 38.7 Å². The van der Waals surface area contributed by atoms with E-state index in [4.69, 9.17) is 14.5 Å². The van der Waals surface area contributed by atoms with Crippen LogP contribution in [0.15, 0.2) is 29.3 Å². The normalized spacial score (nSPS) is 29.1. The van der Waals surface area contributed by atoms with E-state index in [0.717, 1.165) is 51.8 Å². The van der Waals surface area contributed by atoms with E-state index >= 15 is 0 Å². The highest BCUT2D eigenvalue weighted by Gasteiger charge is 2.41. The molecule has 4 atom stereocenters. The maximum atomic E-state index is 6.00. The van der Waals surface area contributed by atoms with Gasteiger partial charge in [0.25, 0.3) is 0 Å². The number of hydrogen-bond acceptors (Lipinski definition) is 4. The lowest BCUT2D eigenvalue weighted by Gasteiger charge is -2.34. The van der Waals surface area contributed by atoms with E-state index in [0.29, 0.717) is 18.2 Å². The number of nitrogens with one attached hydrogen (secondary N) is 2. The van der Waals surface area contributed by atoms with Crippen LogP contribution in [-0.2, 0) is 9.47 Å². The van der Waals surface area contributed by atoms with Gasteiger partial charge in [-0.3, -0.25) is 9.89 Å². The van der Waals surface area contributed by atoms with Crippen LogP contribution in [0.1, 0.15) is 43.4 Å². The standard InChI is InChI=1S/C22H34N4O2/c1-3-23-22(25-19-14-18-8-9-21(19)28-18)24-15-20(26-10-12-27-13-11-26)17-6-4-16(2)5-7-17/h4-7,18-21H,3,8-15H2,1-2H3,(H2,23,24,25). The van der Waals surface area contributed by atoms with Crippen LogP contribution >= 0.6 is 0 Å². The first-order chi connectivity index (χ1) is 13.7. The number of morpholine rings is 1. The Balaban J connectivity index is 1.47. The number of fused-ring (bicyclic) bond motifs is 2. The molecule has 2 N–H and O–H groups in total. The lowest BCUT2D eigenvalue weighted by atomic mass is 9.96. The molecule has 6 heteroatoms. The molecule has 0 amide bonds. The minimum absolute atomic E-state index is 0.274. The molecule has 28 heavy (non-hydrogen) atoms. The molecule has 0 aromatic heterocycles. The summed E-state index contributed by atoms with van der Waals surface area (Å²) in [5, 5.41) is 7.07. The first-order valence-electron chi connectivity index (χ1n) is 10.8. The molecule has 4 unspecified atom stereocenters. The van der Waals surface area contributed by atoms with Gasteiger partial charge in [-0.1, -0.05) is 29.8 Å². The van der Waals surface area contributed by atoms with Crippen molar-refractivity contribution in [2.45, 2.75) is 57.4 Å². The molecule has 0 aliphatic carbocycles. The fourth-order valence-electron chi connectivity index (χ4n) is 4.57. The summed E-state index contributed by atoms with van der Waals surface area (Å²) >= 11 is 0. The monoisotopic (exact) mass is 386 g/mol. The Hall–Kier alpha value is -1.63. The van der Waals surface area contributed by atoms with Gasteiger partial charge >= 0.3 is 0 Å². The van der Waals surface area contributed by atoms with Gasteiger partial charge < -0.3 is 20.1 Å². The molecule has 3 fully saturated rings. The van der Waals surface area contributed by atoms with Crippen LogP contribution in [-0.4, -0.2) is 68.5 Å². The molecule has 2 bridgehead atoms. The number of aliphatic imine (C=N–C) groups is 1. The number of rotatable bonds is 6. The maximum Gasteiger partial charge on any atom is 0.191 e. The summed E-state index contributed by atoms with van der Waals surface area (Å²) in [5.41, 5.74) is 2.62. The molecule has 3 aliphatic rings. The Labute approximate surface area is 168 Å². The van der Waals surface area contributed by atoms with E-state index in [1.54, 1.807) is 0 Å². The number of aryl methyl sites for hydroxylation is 1. The quantitative estimate of drug-likeness (QED) is 0.580. The summed E-state index contributed by atoms with van der Waals surface area (Å²) in [5.74, 6) is 0.911. The Morgan fingerprint density at radius 2 is 2.00 bits per heavy atom. The van der Waals surface area contributed by atoms with Gasteiger partial charge in [-0.2, -0.15) is 0 Å². The van der Waals surface area contributed by atoms with Gasteiger partial charge in [0.2, 0.25) is 0 Å². The third-order valence-electron chi connectivity index (χ3n) is 6.14. The van der Waals surface area contributed by atoms with Crippen LogP contribution in [0.4, 0.5) is 0 Å². The first-order valence-corrected chi connectivity index (χ1v) is 10.8. The molecule has 0 saturated carbocycles. The van der Waals surface area contributed by atoms with E-state index in [1.807, 2.05) is 0 Å². The molecular formula is C22H34N4O2. The minimum Gasteiger partial charge on any atom is -0.379 e. The zero-order valence-corrected chi connectivity index (χ0v) is 17.2. The fraction of sp³-hybridized carbons (Fsp3) is 0.682. The number of guanidine groups is 1. The lowest BCUT2D eigenvalue weighted by molar-refractivity contribution is 0.0179. The van der Waals surface area contributed by atoms with Crippen LogP contribution in [0.3, 0.4) is 0 Å².